The number of aryl methyl sites for hydroxylation is 1. The summed E-state index contributed by atoms with van der Waals surface area (Å²) in [6, 6.07) is 4.98. The van der Waals surface area contributed by atoms with Crippen molar-refractivity contribution < 1.29 is 14.7 Å². The molecule has 0 aliphatic carbocycles. The third kappa shape index (κ3) is 4.28. The lowest BCUT2D eigenvalue weighted by molar-refractivity contribution is -0.120. The molecule has 0 fully saturated rings. The van der Waals surface area contributed by atoms with Crippen molar-refractivity contribution in [2.45, 2.75) is 26.8 Å². The largest absolute Gasteiger partial charge is 0.478 e. The average molecular weight is 264 g/mol. The van der Waals surface area contributed by atoms with Crippen molar-refractivity contribution in [3.8, 4) is 0 Å². The van der Waals surface area contributed by atoms with Crippen LogP contribution in [0.1, 0.15) is 29.8 Å². The molecule has 5 heteroatoms. The van der Waals surface area contributed by atoms with E-state index in [1.54, 1.807) is 23.1 Å². The molecule has 0 saturated carbocycles. The summed E-state index contributed by atoms with van der Waals surface area (Å²) in [6.07, 6.45) is 0. The molecule has 104 valence electrons. The molecule has 1 amide bonds. The topological polar surface area (TPSA) is 69.6 Å². The van der Waals surface area contributed by atoms with Crippen molar-refractivity contribution in [3.05, 3.63) is 29.3 Å². The van der Waals surface area contributed by atoms with Crippen LogP contribution in [-0.2, 0) is 4.79 Å². The number of nitrogens with one attached hydrogen (secondary N) is 1. The van der Waals surface area contributed by atoms with Gasteiger partial charge in [0.2, 0.25) is 5.91 Å². The molecule has 19 heavy (non-hydrogen) atoms. The summed E-state index contributed by atoms with van der Waals surface area (Å²) in [5, 5.41) is 11.7. The minimum absolute atomic E-state index is 0.0563. The molecule has 0 unspecified atom stereocenters. The van der Waals surface area contributed by atoms with Gasteiger partial charge in [-0.05, 0) is 44.5 Å². The van der Waals surface area contributed by atoms with E-state index in [1.807, 2.05) is 27.8 Å². The van der Waals surface area contributed by atoms with E-state index in [1.165, 1.54) is 0 Å². The van der Waals surface area contributed by atoms with E-state index >= 15 is 0 Å². The van der Waals surface area contributed by atoms with E-state index in [0.29, 0.717) is 0 Å². The minimum Gasteiger partial charge on any atom is -0.478 e. The van der Waals surface area contributed by atoms with Gasteiger partial charge in [-0.25, -0.2) is 4.79 Å². The molecule has 0 atom stereocenters. The SMILES string of the molecule is Cc1cc(C(=O)O)ccc1N(C)CC(=O)NC(C)C. The lowest BCUT2D eigenvalue weighted by Crippen LogP contribution is -2.38. The fourth-order valence-electron chi connectivity index (χ4n) is 1.88. The zero-order chi connectivity index (χ0) is 14.6. The second kappa shape index (κ2) is 6.22. The van der Waals surface area contributed by atoms with E-state index in [0.717, 1.165) is 11.3 Å². The van der Waals surface area contributed by atoms with Gasteiger partial charge < -0.3 is 15.3 Å². The molecule has 0 bridgehead atoms. The Bertz CT molecular complexity index is 484. The molecule has 1 rings (SSSR count). The second-order valence-electron chi connectivity index (χ2n) is 4.88. The summed E-state index contributed by atoms with van der Waals surface area (Å²) in [5.74, 6) is -1.01. The van der Waals surface area contributed by atoms with Gasteiger partial charge in [0, 0.05) is 18.8 Å². The Labute approximate surface area is 113 Å². The van der Waals surface area contributed by atoms with Crippen molar-refractivity contribution >= 4 is 17.6 Å². The molecule has 2 N–H and O–H groups in total. The summed E-state index contributed by atoms with van der Waals surface area (Å²) >= 11 is 0. The predicted octanol–water partition coefficient (Wildman–Crippen LogP) is 1.65. The number of carbonyl (C=O) groups excluding carboxylic acids is 1. The van der Waals surface area contributed by atoms with Gasteiger partial charge in [-0.3, -0.25) is 4.79 Å². The summed E-state index contributed by atoms with van der Waals surface area (Å²) in [6.45, 7) is 5.89. The van der Waals surface area contributed by atoms with Gasteiger partial charge in [-0.2, -0.15) is 0 Å². The molecular formula is C14H20N2O3. The third-order valence-corrected chi connectivity index (χ3v) is 2.69. The first-order valence-corrected chi connectivity index (χ1v) is 6.15. The standard InChI is InChI=1S/C14H20N2O3/c1-9(2)15-13(17)8-16(4)12-6-5-11(14(18)19)7-10(12)3/h5-7,9H,8H2,1-4H3,(H,15,17)(H,18,19). The van der Waals surface area contributed by atoms with Crippen LogP contribution in [0.4, 0.5) is 5.69 Å². The van der Waals surface area contributed by atoms with Crippen molar-refractivity contribution in [1.29, 1.82) is 0 Å². The highest BCUT2D eigenvalue weighted by molar-refractivity contribution is 5.89. The molecule has 1 aromatic rings. The second-order valence-corrected chi connectivity index (χ2v) is 4.88. The Hall–Kier alpha value is -2.04. The Morgan fingerprint density at radius 1 is 1.37 bits per heavy atom. The number of benzene rings is 1. The fourth-order valence-corrected chi connectivity index (χ4v) is 1.88. The summed E-state index contributed by atoms with van der Waals surface area (Å²) in [7, 11) is 1.81. The molecular weight excluding hydrogens is 244 g/mol. The highest BCUT2D eigenvalue weighted by Gasteiger charge is 2.12. The smallest absolute Gasteiger partial charge is 0.335 e. The zero-order valence-corrected chi connectivity index (χ0v) is 11.7. The van der Waals surface area contributed by atoms with Crippen LogP contribution in [-0.4, -0.2) is 36.6 Å². The number of amides is 1. The molecule has 0 aromatic heterocycles. The van der Waals surface area contributed by atoms with Gasteiger partial charge in [0.05, 0.1) is 12.1 Å². The number of likely N-dealkylation sites (N-methyl/N-ethyl adjacent to an activating group) is 1. The summed E-state index contributed by atoms with van der Waals surface area (Å²) in [4.78, 5) is 24.3. The quantitative estimate of drug-likeness (QED) is 0.848. The number of nitrogens with zero attached hydrogens (tertiary/aromatic N) is 1. The molecule has 0 heterocycles. The van der Waals surface area contributed by atoms with E-state index < -0.39 is 5.97 Å². The molecule has 0 saturated heterocycles. The highest BCUT2D eigenvalue weighted by Crippen LogP contribution is 2.20. The van der Waals surface area contributed by atoms with Crippen LogP contribution in [0.2, 0.25) is 0 Å². The van der Waals surface area contributed by atoms with Gasteiger partial charge >= 0.3 is 5.97 Å². The normalized spacial score (nSPS) is 10.4. The number of carboxylic acids is 1. The van der Waals surface area contributed by atoms with Crippen molar-refractivity contribution in [3.63, 3.8) is 0 Å². The molecule has 0 aliphatic heterocycles. The van der Waals surface area contributed by atoms with Crippen molar-refractivity contribution in [2.75, 3.05) is 18.5 Å². The highest BCUT2D eigenvalue weighted by atomic mass is 16.4. The molecule has 0 spiro atoms. The fraction of sp³-hybridized carbons (Fsp3) is 0.429. The number of rotatable bonds is 5. The van der Waals surface area contributed by atoms with Gasteiger partial charge in [-0.1, -0.05) is 0 Å². The maximum atomic E-state index is 11.7. The number of aromatic carboxylic acids is 1. The maximum Gasteiger partial charge on any atom is 0.335 e. The van der Waals surface area contributed by atoms with Gasteiger partial charge in [0.1, 0.15) is 0 Å². The van der Waals surface area contributed by atoms with Gasteiger partial charge in [-0.15, -0.1) is 0 Å². The number of carbonyl (C=O) groups is 2. The van der Waals surface area contributed by atoms with Crippen molar-refractivity contribution in [1.82, 2.24) is 5.32 Å². The number of carboxylic acid groups (broad SMARTS) is 1. The third-order valence-electron chi connectivity index (χ3n) is 2.69. The lowest BCUT2D eigenvalue weighted by Gasteiger charge is -2.21. The van der Waals surface area contributed by atoms with Crippen LogP contribution in [0.15, 0.2) is 18.2 Å². The molecule has 5 nitrogen and oxygen atoms in total. The zero-order valence-electron chi connectivity index (χ0n) is 11.7. The number of hydrogen-bond acceptors (Lipinski definition) is 3. The minimum atomic E-state index is -0.949. The van der Waals surface area contributed by atoms with Crippen LogP contribution in [0.5, 0.6) is 0 Å². The lowest BCUT2D eigenvalue weighted by atomic mass is 10.1. The van der Waals surface area contributed by atoms with E-state index in [2.05, 4.69) is 5.32 Å². The monoisotopic (exact) mass is 264 g/mol. The van der Waals surface area contributed by atoms with Gasteiger partial charge in [0.25, 0.3) is 0 Å². The van der Waals surface area contributed by atoms with E-state index in [4.69, 9.17) is 5.11 Å². The average Bonchev–Trinajstić information content (AvgIpc) is 2.26. The molecule has 1 aromatic carbocycles. The Balaban J connectivity index is 2.80. The first-order valence-electron chi connectivity index (χ1n) is 6.15. The van der Waals surface area contributed by atoms with Crippen LogP contribution in [0.3, 0.4) is 0 Å². The van der Waals surface area contributed by atoms with Crippen LogP contribution in [0.25, 0.3) is 0 Å². The Morgan fingerprint density at radius 3 is 2.47 bits per heavy atom. The van der Waals surface area contributed by atoms with E-state index in [-0.39, 0.29) is 24.1 Å². The first-order chi connectivity index (χ1) is 8.81. The van der Waals surface area contributed by atoms with Crippen LogP contribution < -0.4 is 10.2 Å². The van der Waals surface area contributed by atoms with Crippen molar-refractivity contribution in [2.24, 2.45) is 0 Å². The number of hydrogen-bond donors (Lipinski definition) is 2. The van der Waals surface area contributed by atoms with E-state index in [9.17, 15) is 9.59 Å². The van der Waals surface area contributed by atoms with Crippen LogP contribution in [0, 0.1) is 6.92 Å². The Morgan fingerprint density at radius 2 is 2.00 bits per heavy atom. The summed E-state index contributed by atoms with van der Waals surface area (Å²) < 4.78 is 0. The predicted molar refractivity (Wildman–Crippen MR) is 74.7 cm³/mol. The Kier molecular flexibility index (Phi) is 4.92. The first kappa shape index (κ1) is 15.0. The van der Waals surface area contributed by atoms with Crippen LogP contribution >= 0.6 is 0 Å². The number of anilines is 1. The summed E-state index contributed by atoms with van der Waals surface area (Å²) in [5.41, 5.74) is 1.94. The maximum absolute atomic E-state index is 11.7. The molecule has 0 aliphatic rings. The molecule has 0 radical (unpaired) electrons. The van der Waals surface area contributed by atoms with Gasteiger partial charge in [0.15, 0.2) is 0 Å².